The number of para-hydroxylation sites is 2. The molecule has 1 atom stereocenters. The van der Waals surface area contributed by atoms with E-state index in [4.69, 9.17) is 18.6 Å². The van der Waals surface area contributed by atoms with E-state index in [0.717, 1.165) is 0 Å². The number of esters is 1. The maximum Gasteiger partial charge on any atom is 0.349 e. The monoisotopic (exact) mass is 385 g/mol. The Labute approximate surface area is 160 Å². The molecule has 0 saturated heterocycles. The van der Waals surface area contributed by atoms with Gasteiger partial charge in [0.2, 0.25) is 0 Å². The van der Waals surface area contributed by atoms with Crippen molar-refractivity contribution in [3.8, 4) is 11.5 Å². The van der Waals surface area contributed by atoms with Gasteiger partial charge >= 0.3 is 11.6 Å². The summed E-state index contributed by atoms with van der Waals surface area (Å²) in [4.78, 5) is 36.9. The third-order valence-corrected chi connectivity index (χ3v) is 4.90. The van der Waals surface area contributed by atoms with Crippen molar-refractivity contribution in [1.82, 2.24) is 5.32 Å². The molecule has 1 unspecified atom stereocenters. The number of fused-ring (bicyclic) bond motifs is 1. The third-order valence-electron chi connectivity index (χ3n) is 4.90. The van der Waals surface area contributed by atoms with Crippen LogP contribution >= 0.6 is 0 Å². The van der Waals surface area contributed by atoms with Gasteiger partial charge in [-0.15, -0.1) is 0 Å². The second-order valence-corrected chi connectivity index (χ2v) is 6.89. The summed E-state index contributed by atoms with van der Waals surface area (Å²) in [6.45, 7) is 1.81. The topological polar surface area (TPSA) is 104 Å². The lowest BCUT2D eigenvalue weighted by molar-refractivity contribution is -0.144. The molecule has 28 heavy (non-hydrogen) atoms. The number of hydrogen-bond acceptors (Lipinski definition) is 7. The summed E-state index contributed by atoms with van der Waals surface area (Å²) in [6.07, 6.45) is 0.337. The van der Waals surface area contributed by atoms with Crippen molar-refractivity contribution >= 4 is 11.9 Å². The van der Waals surface area contributed by atoms with Gasteiger partial charge in [0.25, 0.3) is 5.91 Å². The standard InChI is InChI=1S/C20H19NO7/c1-11-9-14(15-10-26-12-5-3-4-6-13(12)27-15)28-18(23)16(11)17(22)21-20(7-8-20)19(24)25-2/h3-6,9,15H,7-8,10H2,1-2H3,(H,21,22). The molecule has 1 saturated carbocycles. The Morgan fingerprint density at radius 2 is 1.93 bits per heavy atom. The van der Waals surface area contributed by atoms with Crippen LogP contribution in [0, 0.1) is 6.92 Å². The van der Waals surface area contributed by atoms with E-state index in [1.165, 1.54) is 7.11 Å². The Hall–Kier alpha value is -3.29. The zero-order chi connectivity index (χ0) is 19.9. The number of nitrogens with one attached hydrogen (secondary N) is 1. The molecule has 2 heterocycles. The van der Waals surface area contributed by atoms with Crippen LogP contribution in [-0.2, 0) is 9.53 Å². The normalized spacial score (nSPS) is 18.9. The minimum Gasteiger partial charge on any atom is -0.485 e. The first kappa shape index (κ1) is 18.1. The van der Waals surface area contributed by atoms with E-state index in [2.05, 4.69) is 5.32 Å². The Bertz CT molecular complexity index is 1010. The van der Waals surface area contributed by atoms with Crippen LogP contribution in [0.5, 0.6) is 11.5 Å². The smallest absolute Gasteiger partial charge is 0.349 e. The van der Waals surface area contributed by atoms with Gasteiger partial charge in [-0.1, -0.05) is 12.1 Å². The largest absolute Gasteiger partial charge is 0.485 e. The molecule has 8 heteroatoms. The summed E-state index contributed by atoms with van der Waals surface area (Å²) in [6, 6.07) is 8.77. The fourth-order valence-corrected chi connectivity index (χ4v) is 3.20. The molecule has 0 bridgehead atoms. The minimum absolute atomic E-state index is 0.143. The Kier molecular flexibility index (Phi) is 4.33. The Balaban J connectivity index is 1.57. The van der Waals surface area contributed by atoms with E-state index in [1.807, 2.05) is 12.1 Å². The van der Waals surface area contributed by atoms with E-state index in [0.29, 0.717) is 29.9 Å². The molecule has 1 aliphatic heterocycles. The van der Waals surface area contributed by atoms with Crippen molar-refractivity contribution in [3.63, 3.8) is 0 Å². The van der Waals surface area contributed by atoms with E-state index in [9.17, 15) is 14.4 Å². The van der Waals surface area contributed by atoms with Crippen LogP contribution in [0.1, 0.15) is 40.6 Å². The molecule has 1 aromatic heterocycles. The van der Waals surface area contributed by atoms with Crippen LogP contribution in [0.2, 0.25) is 0 Å². The molecule has 8 nitrogen and oxygen atoms in total. The molecule has 1 fully saturated rings. The van der Waals surface area contributed by atoms with Gasteiger partial charge in [-0.05, 0) is 43.5 Å². The first-order valence-electron chi connectivity index (χ1n) is 8.87. The number of carbonyl (C=O) groups excluding carboxylic acids is 2. The molecule has 2 aromatic rings. The predicted octanol–water partition coefficient (Wildman–Crippen LogP) is 1.90. The highest BCUT2D eigenvalue weighted by Crippen LogP contribution is 2.37. The van der Waals surface area contributed by atoms with Gasteiger partial charge < -0.3 is 23.9 Å². The zero-order valence-electron chi connectivity index (χ0n) is 15.4. The zero-order valence-corrected chi connectivity index (χ0v) is 15.4. The van der Waals surface area contributed by atoms with Crippen molar-refractivity contribution in [2.45, 2.75) is 31.4 Å². The van der Waals surface area contributed by atoms with Gasteiger partial charge in [0.1, 0.15) is 17.7 Å². The third kappa shape index (κ3) is 3.11. The summed E-state index contributed by atoms with van der Waals surface area (Å²) in [5.74, 6) is 0.251. The van der Waals surface area contributed by atoms with Crippen LogP contribution in [0.15, 0.2) is 39.5 Å². The molecule has 1 N–H and O–H groups in total. The summed E-state index contributed by atoms with van der Waals surface area (Å²) in [5, 5.41) is 2.60. The molecule has 4 rings (SSSR count). The average Bonchev–Trinajstić information content (AvgIpc) is 3.46. The van der Waals surface area contributed by atoms with Gasteiger partial charge in [0.15, 0.2) is 23.4 Å². The molecule has 0 radical (unpaired) electrons. The lowest BCUT2D eigenvalue weighted by Crippen LogP contribution is -2.45. The predicted molar refractivity (Wildman–Crippen MR) is 96.5 cm³/mol. The molecule has 1 aromatic carbocycles. The number of methoxy groups -OCH3 is 1. The minimum atomic E-state index is -1.05. The molecule has 0 spiro atoms. The highest BCUT2D eigenvalue weighted by atomic mass is 16.6. The summed E-state index contributed by atoms with van der Waals surface area (Å²) in [5.41, 5.74) is -1.56. The lowest BCUT2D eigenvalue weighted by Gasteiger charge is -2.25. The summed E-state index contributed by atoms with van der Waals surface area (Å²) < 4.78 is 21.6. The van der Waals surface area contributed by atoms with E-state index < -0.39 is 29.1 Å². The fraction of sp³-hybridized carbons (Fsp3) is 0.350. The number of hydrogen-bond donors (Lipinski definition) is 1. The Morgan fingerprint density at radius 1 is 1.21 bits per heavy atom. The number of rotatable bonds is 4. The highest BCUT2D eigenvalue weighted by Gasteiger charge is 2.53. The first-order valence-corrected chi connectivity index (χ1v) is 8.87. The summed E-state index contributed by atoms with van der Waals surface area (Å²) >= 11 is 0. The van der Waals surface area contributed by atoms with Crippen LogP contribution < -0.4 is 20.4 Å². The van der Waals surface area contributed by atoms with Gasteiger partial charge in [0, 0.05) is 0 Å². The quantitative estimate of drug-likeness (QED) is 0.802. The number of aryl methyl sites for hydroxylation is 1. The maximum absolute atomic E-state index is 12.6. The molecule has 1 amide bonds. The van der Waals surface area contributed by atoms with Crippen molar-refractivity contribution in [2.24, 2.45) is 0 Å². The number of ether oxygens (including phenoxy) is 3. The lowest BCUT2D eigenvalue weighted by atomic mass is 10.1. The number of amides is 1. The maximum atomic E-state index is 12.6. The summed E-state index contributed by atoms with van der Waals surface area (Å²) in [7, 11) is 1.26. The number of benzene rings is 1. The Morgan fingerprint density at radius 3 is 2.57 bits per heavy atom. The van der Waals surface area contributed by atoms with Crippen LogP contribution in [-0.4, -0.2) is 31.1 Å². The van der Waals surface area contributed by atoms with Gasteiger partial charge in [0.05, 0.1) is 7.11 Å². The first-order chi connectivity index (χ1) is 13.4. The van der Waals surface area contributed by atoms with Crippen LogP contribution in [0.4, 0.5) is 0 Å². The molecule has 1 aliphatic carbocycles. The van der Waals surface area contributed by atoms with E-state index >= 15 is 0 Å². The molecular weight excluding hydrogens is 366 g/mol. The van der Waals surface area contributed by atoms with Crippen LogP contribution in [0.25, 0.3) is 0 Å². The van der Waals surface area contributed by atoms with Crippen molar-refractivity contribution < 1.29 is 28.2 Å². The van der Waals surface area contributed by atoms with Gasteiger partial charge in [-0.25, -0.2) is 9.59 Å². The molecular formula is C20H19NO7. The van der Waals surface area contributed by atoms with Crippen molar-refractivity contribution in [3.05, 3.63) is 57.6 Å². The molecule has 2 aliphatic rings. The molecule has 146 valence electrons. The van der Waals surface area contributed by atoms with E-state index in [-0.39, 0.29) is 17.9 Å². The van der Waals surface area contributed by atoms with E-state index in [1.54, 1.807) is 25.1 Å². The number of carbonyl (C=O) groups is 2. The van der Waals surface area contributed by atoms with Crippen molar-refractivity contribution in [1.29, 1.82) is 0 Å². The van der Waals surface area contributed by atoms with Crippen LogP contribution in [0.3, 0.4) is 0 Å². The van der Waals surface area contributed by atoms with Gasteiger partial charge in [-0.3, -0.25) is 4.79 Å². The SMILES string of the molecule is COC(=O)C1(NC(=O)c2c(C)cc(C3COc4ccccc4O3)oc2=O)CC1. The second-order valence-electron chi connectivity index (χ2n) is 6.89. The van der Waals surface area contributed by atoms with Gasteiger partial charge in [-0.2, -0.15) is 0 Å². The highest BCUT2D eigenvalue weighted by molar-refractivity contribution is 5.99. The average molecular weight is 385 g/mol. The van der Waals surface area contributed by atoms with Crippen molar-refractivity contribution in [2.75, 3.05) is 13.7 Å². The fourth-order valence-electron chi connectivity index (χ4n) is 3.20. The second kappa shape index (κ2) is 6.70.